The number of carbonyl (C=O) groups excluding carboxylic acids is 1. The van der Waals surface area contributed by atoms with Crippen LogP contribution in [0.3, 0.4) is 0 Å². The van der Waals surface area contributed by atoms with Crippen LogP contribution >= 0.6 is 43.9 Å². The number of hydrogen-bond acceptors (Lipinski definition) is 3. The van der Waals surface area contributed by atoms with E-state index >= 15 is 0 Å². The van der Waals surface area contributed by atoms with E-state index in [0.717, 1.165) is 12.8 Å². The molecule has 0 bridgehead atoms. The van der Waals surface area contributed by atoms with Crippen molar-refractivity contribution < 1.29 is 23.0 Å². The molecule has 0 amide bonds. The molecule has 1 saturated carbocycles. The summed E-state index contributed by atoms with van der Waals surface area (Å²) in [4.78, 5) is 12.6. The van der Waals surface area contributed by atoms with Crippen LogP contribution in [-0.4, -0.2) is 23.0 Å². The molecule has 26 heavy (non-hydrogen) atoms. The molecule has 0 N–H and O–H groups in total. The average Bonchev–Trinajstić information content (AvgIpc) is 3.41. The first-order valence-corrected chi connectivity index (χ1v) is 11.1. The number of Topliss-reactive ketones (excluding diaryl/α,β-unsaturated/α-hetero) is 1. The molecule has 3 nitrogen and oxygen atoms in total. The van der Waals surface area contributed by atoms with Gasteiger partial charge < -0.3 is 9.47 Å². The molecule has 1 fully saturated rings. The summed E-state index contributed by atoms with van der Waals surface area (Å²) in [5, 5.41) is 1.00. The average molecular weight is 515 g/mol. The fourth-order valence-electron chi connectivity index (χ4n) is 2.30. The number of rotatable bonds is 8. The molecule has 1 aliphatic heterocycles. The highest BCUT2D eigenvalue weighted by molar-refractivity contribution is 14.2. The van der Waals surface area contributed by atoms with Crippen molar-refractivity contribution in [2.24, 2.45) is 5.92 Å². The number of carbonyl (C=O) groups is 1. The molecule has 0 radical (unpaired) electrons. The predicted octanol–water partition coefficient (Wildman–Crippen LogP) is 6.01. The van der Waals surface area contributed by atoms with Gasteiger partial charge >= 0.3 is 6.61 Å². The van der Waals surface area contributed by atoms with E-state index in [1.54, 1.807) is 0 Å². The maximum atomic E-state index is 12.6. The molecule has 1 aromatic carbocycles. The van der Waals surface area contributed by atoms with Crippen molar-refractivity contribution in [3.8, 4) is 11.5 Å². The number of benzene rings is 1. The normalized spacial score (nSPS) is 17.0. The van der Waals surface area contributed by atoms with Crippen LogP contribution in [-0.2, 0) is 0 Å². The minimum absolute atomic E-state index is 0.0333. The van der Waals surface area contributed by atoms with Gasteiger partial charge in [-0.05, 0) is 50.6 Å². The van der Waals surface area contributed by atoms with Crippen LogP contribution < -0.4 is 9.47 Å². The molecule has 0 aromatic heterocycles. The second kappa shape index (κ2) is 8.80. The molecule has 140 valence electrons. The van der Waals surface area contributed by atoms with Crippen LogP contribution in [0.1, 0.15) is 29.6 Å². The summed E-state index contributed by atoms with van der Waals surface area (Å²) in [5.74, 6) is 0.273. The van der Waals surface area contributed by atoms with E-state index in [1.165, 1.54) is 18.2 Å². The fourth-order valence-corrected chi connectivity index (χ4v) is 4.89. The van der Waals surface area contributed by atoms with E-state index in [4.69, 9.17) is 27.9 Å². The molecule has 8 heteroatoms. The van der Waals surface area contributed by atoms with Crippen molar-refractivity contribution in [3.63, 3.8) is 0 Å². The maximum absolute atomic E-state index is 12.6. The van der Waals surface area contributed by atoms with Crippen LogP contribution in [0.15, 0.2) is 37.9 Å². The molecule has 1 aliphatic carbocycles. The van der Waals surface area contributed by atoms with Gasteiger partial charge in [-0.15, -0.1) is 0 Å². The summed E-state index contributed by atoms with van der Waals surface area (Å²) in [5.41, 5.74) is 0.914. The van der Waals surface area contributed by atoms with E-state index in [0.29, 0.717) is 33.7 Å². The monoisotopic (exact) mass is 514 g/mol. The van der Waals surface area contributed by atoms with Crippen LogP contribution in [0, 0.1) is 5.92 Å². The summed E-state index contributed by atoms with van der Waals surface area (Å²) in [6.45, 7) is -2.55. The predicted molar refractivity (Wildman–Crippen MR) is 107 cm³/mol. The Morgan fingerprint density at radius 1 is 1.27 bits per heavy atom. The van der Waals surface area contributed by atoms with Crippen molar-refractivity contribution in [3.05, 3.63) is 43.5 Å². The Hall–Kier alpha value is -0.990. The van der Waals surface area contributed by atoms with E-state index in [9.17, 15) is 13.6 Å². The summed E-state index contributed by atoms with van der Waals surface area (Å²) in [6, 6.07) is 4.21. The van der Waals surface area contributed by atoms with Crippen LogP contribution in [0.4, 0.5) is 8.78 Å². The molecule has 1 aromatic rings. The van der Waals surface area contributed by atoms with Crippen LogP contribution in [0.25, 0.3) is 0 Å². The largest absolute Gasteiger partial charge is 0.489 e. The summed E-state index contributed by atoms with van der Waals surface area (Å²) < 4.78 is 39.0. The Morgan fingerprint density at radius 3 is 2.69 bits per heavy atom. The van der Waals surface area contributed by atoms with Crippen molar-refractivity contribution in [2.45, 2.75) is 25.9 Å². The number of allylic oxidation sites excluding steroid dienone is 3. The van der Waals surface area contributed by atoms with Gasteiger partial charge in [0.1, 0.15) is 0 Å². The Bertz CT molecular complexity index is 802. The second-order valence-corrected chi connectivity index (χ2v) is 8.69. The lowest BCUT2D eigenvalue weighted by atomic mass is 10.0. The van der Waals surface area contributed by atoms with Gasteiger partial charge in [-0.3, -0.25) is 4.79 Å². The molecule has 2 aliphatic rings. The topological polar surface area (TPSA) is 35.5 Å². The molecule has 3 rings (SSSR count). The highest BCUT2D eigenvalue weighted by Crippen LogP contribution is 2.36. The van der Waals surface area contributed by atoms with Crippen molar-refractivity contribution in [1.29, 1.82) is 0 Å². The van der Waals surface area contributed by atoms with Crippen molar-refractivity contribution >= 4 is 53.7 Å². The van der Waals surface area contributed by atoms with Gasteiger partial charge in [0.2, 0.25) is 0 Å². The maximum Gasteiger partial charge on any atom is 0.387 e. The number of ketones is 1. The van der Waals surface area contributed by atoms with E-state index in [1.807, 2.05) is 8.09 Å². The number of alkyl halides is 2. The zero-order valence-corrected chi connectivity index (χ0v) is 17.2. The zero-order chi connectivity index (χ0) is 18.7. The van der Waals surface area contributed by atoms with Gasteiger partial charge in [0, 0.05) is 12.0 Å². The first-order valence-electron chi connectivity index (χ1n) is 7.88. The molecule has 0 atom stereocenters. The summed E-state index contributed by atoms with van der Waals surface area (Å²) in [6.07, 6.45) is 2.14. The zero-order valence-electron chi connectivity index (χ0n) is 13.5. The molecule has 0 saturated heterocycles. The third-order valence-electron chi connectivity index (χ3n) is 3.88. The standard InChI is InChI=1S/C18H15Cl2F2IO3/c19-13-7-23-8-14(20)12(13)6-15(24)11-3-4-16(26-18(21)22)17(5-11)25-9-10-1-2-10/h3-5,7-8,10,18H,1-2,6,9H2. The first kappa shape index (κ1) is 19.8. The van der Waals surface area contributed by atoms with Crippen molar-refractivity contribution in [2.75, 3.05) is 6.61 Å². The third-order valence-corrected chi connectivity index (χ3v) is 7.26. The Labute approximate surface area is 169 Å². The highest BCUT2D eigenvalue weighted by Gasteiger charge is 2.24. The van der Waals surface area contributed by atoms with Gasteiger partial charge in [0.25, 0.3) is 0 Å². The molecule has 1 heterocycles. The highest BCUT2D eigenvalue weighted by atomic mass is 127. The minimum atomic E-state index is -2.96. The van der Waals surface area contributed by atoms with Crippen LogP contribution in [0.5, 0.6) is 11.5 Å². The molecular weight excluding hydrogens is 500 g/mol. The van der Waals surface area contributed by atoms with Crippen LogP contribution in [0.2, 0.25) is 0 Å². The Morgan fingerprint density at radius 2 is 2.04 bits per heavy atom. The first-order chi connectivity index (χ1) is 12.4. The lowest BCUT2D eigenvalue weighted by Gasteiger charge is -2.14. The SMILES string of the molecule is O=C(CC1=C(Cl)C=IC=C1Cl)c1ccc(OC(F)F)c(OCC2CC2)c1. The van der Waals surface area contributed by atoms with Gasteiger partial charge in [0.15, 0.2) is 17.3 Å². The summed E-state index contributed by atoms with van der Waals surface area (Å²) in [7, 11) is 0. The van der Waals surface area contributed by atoms with Gasteiger partial charge in [-0.2, -0.15) is 8.78 Å². The smallest absolute Gasteiger partial charge is 0.387 e. The Balaban J connectivity index is 1.79. The molecular formula is C18H15Cl2F2IO3. The Kier molecular flexibility index (Phi) is 6.69. The second-order valence-electron chi connectivity index (χ2n) is 5.91. The number of halogens is 5. The third kappa shape index (κ3) is 5.27. The van der Waals surface area contributed by atoms with Gasteiger partial charge in [0.05, 0.1) is 16.7 Å². The number of hydrogen-bond donors (Lipinski definition) is 0. The van der Waals surface area contributed by atoms with E-state index in [-0.39, 0.29) is 44.4 Å². The van der Waals surface area contributed by atoms with E-state index < -0.39 is 6.61 Å². The fraction of sp³-hybridized carbons (Fsp3) is 0.333. The van der Waals surface area contributed by atoms with Crippen molar-refractivity contribution in [1.82, 2.24) is 0 Å². The minimum Gasteiger partial charge on any atom is -0.489 e. The molecule has 0 unspecified atom stereocenters. The quantitative estimate of drug-likeness (QED) is 0.315. The lowest BCUT2D eigenvalue weighted by molar-refractivity contribution is -0.0515. The number of ether oxygens (including phenoxy) is 2. The lowest BCUT2D eigenvalue weighted by Crippen LogP contribution is -2.08. The van der Waals surface area contributed by atoms with E-state index in [2.05, 4.69) is 4.74 Å². The van der Waals surface area contributed by atoms with Gasteiger partial charge in [-0.25, -0.2) is 0 Å². The summed E-state index contributed by atoms with van der Waals surface area (Å²) >= 11 is 12.0. The van der Waals surface area contributed by atoms with Gasteiger partial charge in [-0.1, -0.05) is 43.9 Å². The molecule has 0 spiro atoms.